The number of hydrogen-bond donors (Lipinski definition) is 3. The van der Waals surface area contributed by atoms with Crippen LogP contribution in [0.4, 0.5) is 0 Å². The minimum Gasteiger partial charge on any atom is -0.423 e. The molecule has 1 aliphatic carbocycles. The summed E-state index contributed by atoms with van der Waals surface area (Å²) in [5.74, 6) is 0. The smallest absolute Gasteiger partial charge is 0.423 e. The van der Waals surface area contributed by atoms with Crippen molar-refractivity contribution in [2.75, 3.05) is 0 Å². The van der Waals surface area contributed by atoms with E-state index in [1.54, 1.807) is 33.8 Å². The van der Waals surface area contributed by atoms with E-state index in [2.05, 4.69) is 5.32 Å². The van der Waals surface area contributed by atoms with E-state index < -0.39 is 18.3 Å². The second-order valence-electron chi connectivity index (χ2n) is 8.11. The normalized spacial score (nSPS) is 16.9. The molecule has 0 unspecified atom stereocenters. The van der Waals surface area contributed by atoms with Gasteiger partial charge in [0.2, 0.25) is 0 Å². The molecular weight excluding hydrogens is 336 g/mol. The Balaban J connectivity index is 1.98. The van der Waals surface area contributed by atoms with Gasteiger partial charge in [-0.05, 0) is 52.2 Å². The number of hydrogen-bond acceptors (Lipinski definition) is 4. The van der Waals surface area contributed by atoms with E-state index in [0.717, 1.165) is 12.1 Å². The molecule has 1 saturated carbocycles. The minimum absolute atomic E-state index is 0.474. The molecule has 3 N–H and O–H groups in total. The summed E-state index contributed by atoms with van der Waals surface area (Å²) in [6.07, 6.45) is 6.43. The van der Waals surface area contributed by atoms with Crippen molar-refractivity contribution in [1.82, 2.24) is 5.32 Å². The summed E-state index contributed by atoms with van der Waals surface area (Å²) in [6.45, 7) is 7.57. The maximum absolute atomic E-state index is 10.4. The lowest BCUT2D eigenvalue weighted by Gasteiger charge is -2.38. The fraction of sp³-hybridized carbons (Fsp3) is 0.684. The highest BCUT2D eigenvalue weighted by atomic mass is 35.5. The second kappa shape index (κ2) is 8.40. The molecule has 0 aliphatic heterocycles. The van der Waals surface area contributed by atoms with Crippen molar-refractivity contribution in [2.45, 2.75) is 83.6 Å². The van der Waals surface area contributed by atoms with Crippen molar-refractivity contribution in [3.63, 3.8) is 0 Å². The zero-order chi connectivity index (χ0) is 18.7. The fourth-order valence-corrected chi connectivity index (χ4v) is 3.23. The first-order valence-electron chi connectivity index (χ1n) is 9.20. The largest absolute Gasteiger partial charge is 0.493 e. The van der Waals surface area contributed by atoms with Crippen LogP contribution in [0.3, 0.4) is 0 Å². The summed E-state index contributed by atoms with van der Waals surface area (Å²) in [4.78, 5) is 0. The average molecular weight is 368 g/mol. The second-order valence-corrected chi connectivity index (χ2v) is 8.52. The van der Waals surface area contributed by atoms with Gasteiger partial charge < -0.3 is 20.1 Å². The van der Waals surface area contributed by atoms with Crippen molar-refractivity contribution in [1.29, 1.82) is 0 Å². The summed E-state index contributed by atoms with van der Waals surface area (Å²) < 4.78 is 5.67. The van der Waals surface area contributed by atoms with Crippen LogP contribution >= 0.6 is 11.6 Å². The summed E-state index contributed by atoms with van der Waals surface area (Å²) >= 11 is 6.36. The molecule has 1 aliphatic rings. The van der Waals surface area contributed by atoms with Crippen LogP contribution in [0.1, 0.15) is 65.4 Å². The van der Waals surface area contributed by atoms with Crippen LogP contribution < -0.4 is 10.8 Å². The number of rotatable bonds is 7. The van der Waals surface area contributed by atoms with Crippen molar-refractivity contribution >= 4 is 24.2 Å². The number of nitrogens with one attached hydrogen (secondary N) is 1. The molecule has 0 amide bonds. The zero-order valence-electron chi connectivity index (χ0n) is 15.8. The Hall–Kier alpha value is -0.585. The SMILES string of the molecule is CC(C)(O)C(C)(C)OB(O)c1ccc(CNC2CCCCC2)cc1Cl. The zero-order valence-corrected chi connectivity index (χ0v) is 16.6. The topological polar surface area (TPSA) is 61.7 Å². The molecule has 1 aromatic carbocycles. The first kappa shape index (κ1) is 20.7. The Bertz CT molecular complexity index is 568. The lowest BCUT2D eigenvalue weighted by atomic mass is 9.76. The fourth-order valence-electron chi connectivity index (χ4n) is 2.94. The van der Waals surface area contributed by atoms with Gasteiger partial charge in [0.25, 0.3) is 0 Å². The van der Waals surface area contributed by atoms with Crippen molar-refractivity contribution in [3.05, 3.63) is 28.8 Å². The van der Waals surface area contributed by atoms with Crippen LogP contribution in [0.25, 0.3) is 0 Å². The van der Waals surface area contributed by atoms with E-state index in [1.807, 2.05) is 12.1 Å². The summed E-state index contributed by atoms with van der Waals surface area (Å²) in [5.41, 5.74) is -0.407. The maximum atomic E-state index is 10.4. The Morgan fingerprint density at radius 1 is 1.20 bits per heavy atom. The van der Waals surface area contributed by atoms with E-state index in [-0.39, 0.29) is 0 Å². The highest BCUT2D eigenvalue weighted by Crippen LogP contribution is 2.26. The Morgan fingerprint density at radius 3 is 2.40 bits per heavy atom. The van der Waals surface area contributed by atoms with Crippen molar-refractivity contribution in [3.8, 4) is 0 Å². The summed E-state index contributed by atoms with van der Waals surface area (Å²) in [6, 6.07) is 6.22. The van der Waals surface area contributed by atoms with Crippen LogP contribution in [-0.2, 0) is 11.2 Å². The molecule has 0 heterocycles. The minimum atomic E-state index is -1.19. The van der Waals surface area contributed by atoms with Gasteiger partial charge in [0, 0.05) is 23.1 Å². The molecule has 2 rings (SSSR count). The molecule has 25 heavy (non-hydrogen) atoms. The molecule has 0 spiro atoms. The Labute approximate surface area is 157 Å². The Morgan fingerprint density at radius 2 is 1.84 bits per heavy atom. The molecular formula is C19H31BClNO3. The van der Waals surface area contributed by atoms with Gasteiger partial charge in [0.1, 0.15) is 0 Å². The summed E-state index contributed by atoms with van der Waals surface area (Å²) in [7, 11) is -1.19. The van der Waals surface area contributed by atoms with Crippen LogP contribution in [0, 0.1) is 0 Å². The van der Waals surface area contributed by atoms with Crippen LogP contribution in [0.2, 0.25) is 5.02 Å². The quantitative estimate of drug-likeness (QED) is 0.648. The lowest BCUT2D eigenvalue weighted by Crippen LogP contribution is -2.53. The molecule has 140 valence electrons. The predicted molar refractivity (Wildman–Crippen MR) is 104 cm³/mol. The van der Waals surface area contributed by atoms with E-state index in [4.69, 9.17) is 16.3 Å². The average Bonchev–Trinajstić information content (AvgIpc) is 2.52. The van der Waals surface area contributed by atoms with E-state index in [9.17, 15) is 10.1 Å². The highest BCUT2D eigenvalue weighted by Gasteiger charge is 2.40. The number of aliphatic hydroxyl groups is 1. The van der Waals surface area contributed by atoms with Gasteiger partial charge >= 0.3 is 7.12 Å². The van der Waals surface area contributed by atoms with Gasteiger partial charge in [-0.25, -0.2) is 0 Å². The molecule has 6 heteroatoms. The van der Waals surface area contributed by atoms with Gasteiger partial charge in [0.05, 0.1) is 11.2 Å². The number of halogens is 1. The van der Waals surface area contributed by atoms with Crippen molar-refractivity contribution < 1.29 is 14.8 Å². The molecule has 0 atom stereocenters. The molecule has 1 fully saturated rings. The molecule has 1 aromatic rings. The van der Waals surface area contributed by atoms with Crippen LogP contribution in [0.15, 0.2) is 18.2 Å². The van der Waals surface area contributed by atoms with Gasteiger partial charge in [0.15, 0.2) is 0 Å². The first-order chi connectivity index (χ1) is 11.6. The summed E-state index contributed by atoms with van der Waals surface area (Å²) in [5, 5.41) is 24.6. The van der Waals surface area contributed by atoms with Crippen molar-refractivity contribution in [2.24, 2.45) is 0 Å². The van der Waals surface area contributed by atoms with Gasteiger partial charge in [-0.15, -0.1) is 0 Å². The maximum Gasteiger partial charge on any atom is 0.493 e. The van der Waals surface area contributed by atoms with E-state index >= 15 is 0 Å². The molecule has 0 aromatic heterocycles. The third kappa shape index (κ3) is 5.70. The van der Waals surface area contributed by atoms with Gasteiger partial charge in [-0.1, -0.05) is 43.0 Å². The Kier molecular flexibility index (Phi) is 6.97. The van der Waals surface area contributed by atoms with Crippen LogP contribution in [0.5, 0.6) is 0 Å². The van der Waals surface area contributed by atoms with Crippen LogP contribution in [-0.4, -0.2) is 34.5 Å². The van der Waals surface area contributed by atoms with E-state index in [1.165, 1.54) is 32.1 Å². The molecule has 0 bridgehead atoms. The lowest BCUT2D eigenvalue weighted by molar-refractivity contribution is -0.0982. The molecule has 0 saturated heterocycles. The third-order valence-corrected chi connectivity index (χ3v) is 5.74. The first-order valence-corrected chi connectivity index (χ1v) is 9.58. The van der Waals surface area contributed by atoms with Gasteiger partial charge in [-0.3, -0.25) is 0 Å². The number of benzene rings is 1. The highest BCUT2D eigenvalue weighted by molar-refractivity contribution is 6.64. The third-order valence-electron chi connectivity index (χ3n) is 5.41. The monoisotopic (exact) mass is 367 g/mol. The molecule has 0 radical (unpaired) electrons. The molecule has 4 nitrogen and oxygen atoms in total. The predicted octanol–water partition coefficient (Wildman–Crippen LogP) is 3.02. The standard InChI is InChI=1S/C19H31BClNO3/c1-18(2,23)19(3,4)25-20(24)16-11-10-14(12-17(16)21)13-22-15-8-6-5-7-9-15/h10-12,15,22-24H,5-9,13H2,1-4H3. The van der Waals surface area contributed by atoms with E-state index in [0.29, 0.717) is 16.5 Å². The van der Waals surface area contributed by atoms with Gasteiger partial charge in [-0.2, -0.15) is 0 Å².